The van der Waals surface area contributed by atoms with E-state index >= 15 is 0 Å². The summed E-state index contributed by atoms with van der Waals surface area (Å²) < 4.78 is 19.0. The number of piperidine rings is 1. The van der Waals surface area contributed by atoms with E-state index in [1.807, 2.05) is 18.2 Å². The zero-order chi connectivity index (χ0) is 19.3. The van der Waals surface area contributed by atoms with E-state index in [1.165, 1.54) is 6.07 Å². The highest BCUT2D eigenvalue weighted by Gasteiger charge is 2.22. The van der Waals surface area contributed by atoms with Gasteiger partial charge in [0.05, 0.1) is 24.5 Å². The van der Waals surface area contributed by atoms with Crippen molar-refractivity contribution in [2.24, 2.45) is 0 Å². The van der Waals surface area contributed by atoms with Gasteiger partial charge in [0.25, 0.3) is 0 Å². The van der Waals surface area contributed by atoms with E-state index in [9.17, 15) is 9.65 Å². The predicted molar refractivity (Wildman–Crippen MR) is 109 cm³/mol. The summed E-state index contributed by atoms with van der Waals surface area (Å²) in [7, 11) is 0. The van der Waals surface area contributed by atoms with Crippen LogP contribution in [0.15, 0.2) is 42.5 Å². The number of morpholine rings is 1. The van der Waals surface area contributed by atoms with Crippen molar-refractivity contribution in [3.8, 4) is 6.07 Å². The number of ether oxygens (including phenoxy) is 1. The van der Waals surface area contributed by atoms with Crippen LogP contribution in [-0.4, -0.2) is 45.4 Å². The van der Waals surface area contributed by atoms with Crippen molar-refractivity contribution in [1.29, 1.82) is 5.26 Å². The lowest BCUT2D eigenvalue weighted by atomic mass is 10.0. The molecule has 0 amide bonds. The standard InChI is InChI=1S/C22H25FN4O/c23-18-3-1-5-20(13-18)27-8-2-4-19(16-27)25-22-14-21(7-6-17(22)15-24)26-9-11-28-12-10-26/h1,3,5-7,13-14,19,25H,2,4,8-12,16H2/t19-/m1/s1. The summed E-state index contributed by atoms with van der Waals surface area (Å²) in [6, 6.07) is 15.2. The molecule has 5 nitrogen and oxygen atoms in total. The van der Waals surface area contributed by atoms with Gasteiger partial charge in [-0.05, 0) is 49.2 Å². The maximum Gasteiger partial charge on any atom is 0.125 e. The molecule has 2 aromatic rings. The highest BCUT2D eigenvalue weighted by molar-refractivity contribution is 5.66. The topological polar surface area (TPSA) is 51.5 Å². The summed E-state index contributed by atoms with van der Waals surface area (Å²) >= 11 is 0. The summed E-state index contributed by atoms with van der Waals surface area (Å²) in [5.41, 5.74) is 3.55. The van der Waals surface area contributed by atoms with Crippen LogP contribution in [0.4, 0.5) is 21.5 Å². The fraction of sp³-hybridized carbons (Fsp3) is 0.409. The van der Waals surface area contributed by atoms with Crippen LogP contribution in [0.3, 0.4) is 0 Å². The van der Waals surface area contributed by atoms with E-state index in [4.69, 9.17) is 4.74 Å². The van der Waals surface area contributed by atoms with Crippen LogP contribution in [0, 0.1) is 17.1 Å². The van der Waals surface area contributed by atoms with Crippen molar-refractivity contribution < 1.29 is 9.13 Å². The van der Waals surface area contributed by atoms with Gasteiger partial charge in [-0.1, -0.05) is 6.07 Å². The Bertz CT molecular complexity index is 860. The number of halogens is 1. The molecule has 0 unspecified atom stereocenters. The Morgan fingerprint density at radius 2 is 1.86 bits per heavy atom. The molecule has 0 aromatic heterocycles. The molecule has 1 N–H and O–H groups in total. The van der Waals surface area contributed by atoms with Gasteiger partial charge in [-0.3, -0.25) is 0 Å². The van der Waals surface area contributed by atoms with E-state index in [1.54, 1.807) is 12.1 Å². The monoisotopic (exact) mass is 380 g/mol. The van der Waals surface area contributed by atoms with Crippen molar-refractivity contribution >= 4 is 17.1 Å². The first-order valence-electron chi connectivity index (χ1n) is 9.87. The predicted octanol–water partition coefficient (Wildman–Crippen LogP) is 3.61. The van der Waals surface area contributed by atoms with Gasteiger partial charge in [0, 0.05) is 43.6 Å². The molecule has 6 heteroatoms. The van der Waals surface area contributed by atoms with E-state index < -0.39 is 0 Å². The Hall–Kier alpha value is -2.78. The minimum Gasteiger partial charge on any atom is -0.379 e. The zero-order valence-corrected chi connectivity index (χ0v) is 15.9. The molecule has 0 aliphatic carbocycles. The minimum atomic E-state index is -0.211. The average molecular weight is 380 g/mol. The minimum absolute atomic E-state index is 0.211. The molecule has 4 rings (SSSR count). The molecule has 1 atom stereocenters. The maximum atomic E-state index is 13.6. The number of nitrogens with one attached hydrogen (secondary N) is 1. The first kappa shape index (κ1) is 18.6. The third-order valence-electron chi connectivity index (χ3n) is 5.45. The third-order valence-corrected chi connectivity index (χ3v) is 5.45. The Kier molecular flexibility index (Phi) is 5.63. The van der Waals surface area contributed by atoms with Gasteiger partial charge in [0.1, 0.15) is 11.9 Å². The number of nitrogens with zero attached hydrogens (tertiary/aromatic N) is 3. The number of rotatable bonds is 4. The Balaban J connectivity index is 1.50. The SMILES string of the molecule is N#Cc1ccc(N2CCOCC2)cc1N[C@@H]1CCCN(c2cccc(F)c2)C1. The lowest BCUT2D eigenvalue weighted by Crippen LogP contribution is -2.42. The van der Waals surface area contributed by atoms with Gasteiger partial charge in [-0.2, -0.15) is 5.26 Å². The Morgan fingerprint density at radius 1 is 1.04 bits per heavy atom. The second-order valence-corrected chi connectivity index (χ2v) is 7.35. The van der Waals surface area contributed by atoms with Crippen LogP contribution in [0.25, 0.3) is 0 Å². The number of benzene rings is 2. The van der Waals surface area contributed by atoms with E-state index in [2.05, 4.69) is 27.3 Å². The molecule has 0 bridgehead atoms. The first-order chi connectivity index (χ1) is 13.7. The van der Waals surface area contributed by atoms with Crippen LogP contribution >= 0.6 is 0 Å². The molecule has 146 valence electrons. The number of anilines is 3. The molecule has 28 heavy (non-hydrogen) atoms. The van der Waals surface area contributed by atoms with E-state index in [0.717, 1.165) is 69.3 Å². The summed E-state index contributed by atoms with van der Waals surface area (Å²) in [4.78, 5) is 4.50. The van der Waals surface area contributed by atoms with E-state index in [-0.39, 0.29) is 11.9 Å². The summed E-state index contributed by atoms with van der Waals surface area (Å²) in [6.45, 7) is 4.89. The van der Waals surface area contributed by atoms with Gasteiger partial charge >= 0.3 is 0 Å². The molecule has 2 aromatic carbocycles. The molecular formula is C22H25FN4O. The van der Waals surface area contributed by atoms with Crippen molar-refractivity contribution in [3.63, 3.8) is 0 Å². The normalized spacial score (nSPS) is 19.9. The van der Waals surface area contributed by atoms with Crippen molar-refractivity contribution in [3.05, 3.63) is 53.8 Å². The Labute approximate surface area is 165 Å². The van der Waals surface area contributed by atoms with Crippen LogP contribution in [0.2, 0.25) is 0 Å². The molecular weight excluding hydrogens is 355 g/mol. The van der Waals surface area contributed by atoms with Crippen LogP contribution in [0.5, 0.6) is 0 Å². The summed E-state index contributed by atoms with van der Waals surface area (Å²) in [5.74, 6) is -0.211. The first-order valence-corrected chi connectivity index (χ1v) is 9.87. The van der Waals surface area contributed by atoms with Gasteiger partial charge in [0.15, 0.2) is 0 Å². The lowest BCUT2D eigenvalue weighted by Gasteiger charge is -2.36. The van der Waals surface area contributed by atoms with Gasteiger partial charge in [0.2, 0.25) is 0 Å². The van der Waals surface area contributed by atoms with Crippen molar-refractivity contribution in [2.75, 3.05) is 54.5 Å². The van der Waals surface area contributed by atoms with Gasteiger partial charge in [-0.15, -0.1) is 0 Å². The number of hydrogen-bond acceptors (Lipinski definition) is 5. The Morgan fingerprint density at radius 3 is 2.64 bits per heavy atom. The quantitative estimate of drug-likeness (QED) is 0.878. The fourth-order valence-electron chi connectivity index (χ4n) is 3.99. The van der Waals surface area contributed by atoms with Gasteiger partial charge < -0.3 is 19.9 Å². The molecule has 0 spiro atoms. The molecule has 0 saturated carbocycles. The van der Waals surface area contributed by atoms with Gasteiger partial charge in [-0.25, -0.2) is 4.39 Å². The third kappa shape index (κ3) is 4.20. The molecule has 2 aliphatic heterocycles. The molecule has 2 fully saturated rings. The van der Waals surface area contributed by atoms with Crippen LogP contribution in [-0.2, 0) is 4.74 Å². The highest BCUT2D eigenvalue weighted by atomic mass is 19.1. The molecule has 2 heterocycles. The zero-order valence-electron chi connectivity index (χ0n) is 15.9. The van der Waals surface area contributed by atoms with Crippen molar-refractivity contribution in [1.82, 2.24) is 0 Å². The fourth-order valence-corrected chi connectivity index (χ4v) is 3.99. The van der Waals surface area contributed by atoms with E-state index in [0.29, 0.717) is 5.56 Å². The van der Waals surface area contributed by atoms with Crippen LogP contribution < -0.4 is 15.1 Å². The largest absolute Gasteiger partial charge is 0.379 e. The van der Waals surface area contributed by atoms with Crippen LogP contribution in [0.1, 0.15) is 18.4 Å². The smallest absolute Gasteiger partial charge is 0.125 e. The second kappa shape index (κ2) is 8.49. The molecule has 2 saturated heterocycles. The molecule has 0 radical (unpaired) electrons. The summed E-state index contributed by atoms with van der Waals surface area (Å²) in [5, 5.41) is 13.1. The maximum absolute atomic E-state index is 13.6. The van der Waals surface area contributed by atoms with Crippen molar-refractivity contribution in [2.45, 2.75) is 18.9 Å². The number of nitriles is 1. The summed E-state index contributed by atoms with van der Waals surface area (Å²) in [6.07, 6.45) is 2.05. The molecule has 2 aliphatic rings. The highest BCUT2D eigenvalue weighted by Crippen LogP contribution is 2.27. The second-order valence-electron chi connectivity index (χ2n) is 7.35. The number of hydrogen-bond donors (Lipinski definition) is 1. The lowest BCUT2D eigenvalue weighted by molar-refractivity contribution is 0.122. The average Bonchev–Trinajstić information content (AvgIpc) is 2.74.